The Morgan fingerprint density at radius 3 is 1.82 bits per heavy atom. The van der Waals surface area contributed by atoms with Crippen LogP contribution in [-0.2, 0) is 17.3 Å². The fourth-order valence-corrected chi connectivity index (χ4v) is 10.1. The molecule has 8 aromatic rings. The fourth-order valence-electron chi connectivity index (χ4n) is 10.1. The van der Waals surface area contributed by atoms with Gasteiger partial charge in [0.15, 0.2) is 0 Å². The Kier molecular flexibility index (Phi) is 7.36. The smallest absolute Gasteiger partial charge is 0.136 e. The Bertz CT molecular complexity index is 3020. The summed E-state index contributed by atoms with van der Waals surface area (Å²) in [5.74, 6) is 0. The van der Waals surface area contributed by atoms with Crippen LogP contribution in [0.5, 0.6) is 0 Å². The maximum atomic E-state index is 6.27. The SMILES string of the molecule is CC1=C(/C=C(\C)c2c3ccccc3c(/C(C)=C/C=C3\Cc4cc5cc6c(cc5cc4C3(C)C)oc3ccccc36)c3ccccc23)C(C)(C)c2ccccc21. The van der Waals surface area contributed by atoms with E-state index in [9.17, 15) is 0 Å². The van der Waals surface area contributed by atoms with E-state index in [1.165, 1.54) is 104 Å². The molecule has 0 atom stereocenters. The first-order valence-corrected chi connectivity index (χ1v) is 19.7. The van der Waals surface area contributed by atoms with Gasteiger partial charge in [0, 0.05) is 21.6 Å². The van der Waals surface area contributed by atoms with E-state index in [0.29, 0.717) is 0 Å². The van der Waals surface area contributed by atoms with Crippen LogP contribution in [-0.4, -0.2) is 0 Å². The van der Waals surface area contributed by atoms with E-state index >= 15 is 0 Å². The van der Waals surface area contributed by atoms with E-state index in [1.54, 1.807) is 0 Å². The lowest BCUT2D eigenvalue weighted by molar-refractivity contribution is 0.645. The third-order valence-corrected chi connectivity index (χ3v) is 13.1. The molecule has 268 valence electrons. The summed E-state index contributed by atoms with van der Waals surface area (Å²) in [6, 6.07) is 44.7. The van der Waals surface area contributed by atoms with E-state index in [1.807, 2.05) is 6.07 Å². The second-order valence-electron chi connectivity index (χ2n) is 17.0. The number of para-hydroxylation sites is 1. The van der Waals surface area contributed by atoms with E-state index < -0.39 is 0 Å². The van der Waals surface area contributed by atoms with Crippen LogP contribution >= 0.6 is 0 Å². The van der Waals surface area contributed by atoms with Crippen LogP contribution in [0.1, 0.15) is 81.8 Å². The first-order valence-electron chi connectivity index (χ1n) is 19.7. The summed E-state index contributed by atoms with van der Waals surface area (Å²) in [5, 5.41) is 10.1. The van der Waals surface area contributed by atoms with Crippen molar-refractivity contribution in [3.8, 4) is 0 Å². The van der Waals surface area contributed by atoms with Gasteiger partial charge >= 0.3 is 0 Å². The Morgan fingerprint density at radius 1 is 0.564 bits per heavy atom. The molecule has 2 aliphatic carbocycles. The maximum absolute atomic E-state index is 6.27. The van der Waals surface area contributed by atoms with Crippen molar-refractivity contribution in [2.24, 2.45) is 0 Å². The van der Waals surface area contributed by atoms with Gasteiger partial charge in [-0.05, 0) is 139 Å². The molecule has 1 nitrogen and oxygen atoms in total. The van der Waals surface area contributed by atoms with E-state index in [-0.39, 0.29) is 10.8 Å². The third-order valence-electron chi connectivity index (χ3n) is 13.1. The molecule has 2 aliphatic rings. The number of furan rings is 1. The molecule has 1 aromatic heterocycles. The van der Waals surface area contributed by atoms with Gasteiger partial charge in [-0.15, -0.1) is 0 Å². The second-order valence-corrected chi connectivity index (χ2v) is 17.0. The van der Waals surface area contributed by atoms with Crippen LogP contribution in [0.25, 0.3) is 71.0 Å². The summed E-state index contributed by atoms with van der Waals surface area (Å²) >= 11 is 0. The monoisotopic (exact) mass is 710 g/mol. The van der Waals surface area contributed by atoms with Crippen molar-refractivity contribution in [3.63, 3.8) is 0 Å². The molecular formula is C54H46O. The largest absolute Gasteiger partial charge is 0.456 e. The highest BCUT2D eigenvalue weighted by atomic mass is 16.3. The predicted molar refractivity (Wildman–Crippen MR) is 237 cm³/mol. The molecule has 0 radical (unpaired) electrons. The summed E-state index contributed by atoms with van der Waals surface area (Å²) in [4.78, 5) is 0. The van der Waals surface area contributed by atoms with Crippen LogP contribution in [0, 0.1) is 0 Å². The van der Waals surface area contributed by atoms with Gasteiger partial charge in [0.2, 0.25) is 0 Å². The lowest BCUT2D eigenvalue weighted by Gasteiger charge is -2.24. The van der Waals surface area contributed by atoms with Crippen molar-refractivity contribution in [1.82, 2.24) is 0 Å². The normalized spacial score (nSPS) is 17.4. The first kappa shape index (κ1) is 33.6. The van der Waals surface area contributed by atoms with Crippen LogP contribution in [0.15, 0.2) is 155 Å². The summed E-state index contributed by atoms with van der Waals surface area (Å²) in [6.45, 7) is 16.4. The summed E-state index contributed by atoms with van der Waals surface area (Å²) in [5.41, 5.74) is 16.8. The molecule has 10 rings (SSSR count). The molecule has 1 heterocycles. The zero-order valence-electron chi connectivity index (χ0n) is 32.9. The van der Waals surface area contributed by atoms with Crippen LogP contribution < -0.4 is 0 Å². The molecule has 0 amide bonds. The average molecular weight is 711 g/mol. The number of hydrogen-bond acceptors (Lipinski definition) is 1. The lowest BCUT2D eigenvalue weighted by atomic mass is 9.79. The van der Waals surface area contributed by atoms with Crippen molar-refractivity contribution < 1.29 is 4.42 Å². The maximum Gasteiger partial charge on any atom is 0.136 e. The number of benzene rings is 7. The van der Waals surface area contributed by atoms with Crippen LogP contribution in [0.4, 0.5) is 0 Å². The summed E-state index contributed by atoms with van der Waals surface area (Å²) < 4.78 is 6.27. The Labute approximate surface area is 324 Å². The number of allylic oxidation sites excluding steroid dienone is 8. The van der Waals surface area contributed by atoms with Crippen molar-refractivity contribution in [2.45, 2.75) is 65.7 Å². The van der Waals surface area contributed by atoms with Crippen molar-refractivity contribution >= 4 is 71.0 Å². The van der Waals surface area contributed by atoms with E-state index in [4.69, 9.17) is 4.42 Å². The topological polar surface area (TPSA) is 13.1 Å². The highest BCUT2D eigenvalue weighted by molar-refractivity contribution is 6.16. The van der Waals surface area contributed by atoms with Gasteiger partial charge in [-0.1, -0.05) is 149 Å². The van der Waals surface area contributed by atoms with Gasteiger partial charge < -0.3 is 4.42 Å². The summed E-state index contributed by atoms with van der Waals surface area (Å²) in [6.07, 6.45) is 8.22. The highest BCUT2D eigenvalue weighted by Gasteiger charge is 2.36. The molecule has 0 N–H and O–H groups in total. The molecule has 0 unspecified atom stereocenters. The van der Waals surface area contributed by atoms with Gasteiger partial charge in [0.05, 0.1) is 0 Å². The van der Waals surface area contributed by atoms with Gasteiger partial charge in [0.25, 0.3) is 0 Å². The molecule has 0 bridgehead atoms. The van der Waals surface area contributed by atoms with Gasteiger partial charge in [-0.2, -0.15) is 0 Å². The fraction of sp³-hybridized carbons (Fsp3) is 0.185. The lowest BCUT2D eigenvalue weighted by Crippen LogP contribution is -2.16. The van der Waals surface area contributed by atoms with Gasteiger partial charge in [-0.25, -0.2) is 0 Å². The van der Waals surface area contributed by atoms with Gasteiger partial charge in [0.1, 0.15) is 11.2 Å². The van der Waals surface area contributed by atoms with E-state index in [2.05, 4.69) is 182 Å². The Hall–Kier alpha value is -5.92. The van der Waals surface area contributed by atoms with Crippen LogP contribution in [0.2, 0.25) is 0 Å². The molecule has 7 aromatic carbocycles. The van der Waals surface area contributed by atoms with Gasteiger partial charge in [-0.3, -0.25) is 0 Å². The minimum absolute atomic E-state index is 0.0542. The zero-order valence-corrected chi connectivity index (χ0v) is 32.9. The quantitative estimate of drug-likeness (QED) is 0.166. The number of fused-ring (bicyclic) bond motifs is 8. The predicted octanol–water partition coefficient (Wildman–Crippen LogP) is 15.1. The molecule has 0 spiro atoms. The molecule has 0 aliphatic heterocycles. The molecule has 0 saturated heterocycles. The van der Waals surface area contributed by atoms with E-state index in [0.717, 1.165) is 17.6 Å². The molecule has 0 saturated carbocycles. The third kappa shape index (κ3) is 4.99. The Balaban J connectivity index is 1.07. The molecule has 55 heavy (non-hydrogen) atoms. The minimum Gasteiger partial charge on any atom is -0.456 e. The molecule has 1 heteroatoms. The average Bonchev–Trinajstić information content (AvgIpc) is 3.74. The first-order chi connectivity index (χ1) is 26.5. The number of hydrogen-bond donors (Lipinski definition) is 0. The Morgan fingerprint density at radius 2 is 1.15 bits per heavy atom. The van der Waals surface area contributed by atoms with Crippen LogP contribution in [0.3, 0.4) is 0 Å². The van der Waals surface area contributed by atoms with Crippen molar-refractivity contribution in [3.05, 3.63) is 184 Å². The second kappa shape index (κ2) is 12.0. The van der Waals surface area contributed by atoms with Crippen molar-refractivity contribution in [1.29, 1.82) is 0 Å². The number of rotatable bonds is 4. The van der Waals surface area contributed by atoms with Crippen molar-refractivity contribution in [2.75, 3.05) is 0 Å². The summed E-state index contributed by atoms with van der Waals surface area (Å²) in [7, 11) is 0. The zero-order chi connectivity index (χ0) is 37.8. The molecule has 0 fully saturated rings. The highest BCUT2D eigenvalue weighted by Crippen LogP contribution is 2.49. The minimum atomic E-state index is -0.0838. The standard InChI is InChI=1S/C54H46O/c1-32(24-25-38-28-37-27-35-29-45-40-17-13-15-23-49(40)55-50(45)31-36(35)30-48(37)53(38,4)5)51-41-18-8-10-20-43(41)52(44-21-11-9-19-42(44)51)33(2)26-47-34(3)39-16-12-14-22-46(39)54(47,6)7/h8-27,29-31H,28H2,1-7H3/b32-24+,33-26+,38-25+. The molecular weight excluding hydrogens is 665 g/mol.